The van der Waals surface area contributed by atoms with E-state index in [0.29, 0.717) is 12.5 Å². The number of hydrogen-bond donors (Lipinski definition) is 1. The van der Waals surface area contributed by atoms with Crippen LogP contribution in [0, 0.1) is 0 Å². The number of benzene rings is 1. The van der Waals surface area contributed by atoms with Crippen LogP contribution in [0.4, 0.5) is 0 Å². The van der Waals surface area contributed by atoms with Crippen LogP contribution in [-0.2, 0) is 6.54 Å². The fourth-order valence-corrected chi connectivity index (χ4v) is 4.97. The second-order valence-electron chi connectivity index (χ2n) is 7.05. The Morgan fingerprint density at radius 1 is 1.11 bits per heavy atom. The Kier molecular flexibility index (Phi) is 5.71. The van der Waals surface area contributed by atoms with Gasteiger partial charge in [-0.1, -0.05) is 44.2 Å². The molecule has 0 amide bonds. The predicted octanol–water partition coefficient (Wildman–Crippen LogP) is 4.18. The molecule has 1 aromatic carbocycles. The van der Waals surface area contributed by atoms with Gasteiger partial charge in [0.25, 0.3) is 5.56 Å². The zero-order chi connectivity index (χ0) is 19.5. The largest absolute Gasteiger partial charge is 0.331 e. The van der Waals surface area contributed by atoms with Gasteiger partial charge in [0, 0.05) is 23.2 Å². The van der Waals surface area contributed by atoms with E-state index in [1.807, 2.05) is 5.38 Å². The van der Waals surface area contributed by atoms with Gasteiger partial charge in [-0.25, -0.2) is 4.98 Å². The minimum atomic E-state index is -0.0137. The van der Waals surface area contributed by atoms with Gasteiger partial charge in [-0.2, -0.15) is 0 Å². The van der Waals surface area contributed by atoms with Crippen LogP contribution < -0.4 is 10.9 Å². The summed E-state index contributed by atoms with van der Waals surface area (Å²) >= 11 is 3.26. The molecule has 28 heavy (non-hydrogen) atoms. The van der Waals surface area contributed by atoms with Gasteiger partial charge in [-0.15, -0.1) is 22.7 Å². The second-order valence-corrected chi connectivity index (χ2v) is 8.90. The molecule has 0 aliphatic carbocycles. The lowest BCUT2D eigenvalue weighted by molar-refractivity contribution is -0.702. The van der Waals surface area contributed by atoms with Crippen LogP contribution >= 0.6 is 22.7 Å². The molecule has 3 aromatic heterocycles. The van der Waals surface area contributed by atoms with Crippen molar-refractivity contribution in [1.82, 2.24) is 9.38 Å². The van der Waals surface area contributed by atoms with Gasteiger partial charge < -0.3 is 5.32 Å². The fourth-order valence-electron chi connectivity index (χ4n) is 3.38. The second kappa shape index (κ2) is 8.39. The SMILES string of the molecule is CC[C@H](C)c1ccc([C@@H]([NH2+]Cc2cc(=O)n3ccsc3n2)c2cccs2)cc1. The molecule has 2 N–H and O–H groups in total. The highest BCUT2D eigenvalue weighted by molar-refractivity contribution is 7.15. The average molecular weight is 411 g/mol. The van der Waals surface area contributed by atoms with Gasteiger partial charge in [-0.05, 0) is 29.3 Å². The van der Waals surface area contributed by atoms with Crippen molar-refractivity contribution in [3.8, 4) is 0 Å². The first-order valence-corrected chi connectivity index (χ1v) is 11.3. The number of hydrogen-bond acceptors (Lipinski definition) is 4. The zero-order valence-corrected chi connectivity index (χ0v) is 17.7. The Labute approximate surface area is 172 Å². The molecule has 0 spiro atoms. The Balaban J connectivity index is 1.59. The van der Waals surface area contributed by atoms with Crippen LogP contribution in [0.5, 0.6) is 0 Å². The number of fused-ring (bicyclic) bond motifs is 1. The first-order chi connectivity index (χ1) is 13.7. The minimum Gasteiger partial charge on any atom is -0.331 e. The Bertz CT molecular complexity index is 1100. The van der Waals surface area contributed by atoms with Gasteiger partial charge in [0.2, 0.25) is 0 Å². The molecule has 3 heterocycles. The van der Waals surface area contributed by atoms with E-state index in [0.717, 1.165) is 17.1 Å². The monoisotopic (exact) mass is 410 g/mol. The van der Waals surface area contributed by atoms with Crippen LogP contribution in [0.15, 0.2) is 64.2 Å². The highest BCUT2D eigenvalue weighted by Gasteiger charge is 2.19. The number of thiophene rings is 1. The number of quaternary nitrogens is 1. The lowest BCUT2D eigenvalue weighted by Crippen LogP contribution is -2.84. The zero-order valence-electron chi connectivity index (χ0n) is 16.0. The maximum absolute atomic E-state index is 12.3. The van der Waals surface area contributed by atoms with Crippen molar-refractivity contribution in [3.63, 3.8) is 0 Å². The van der Waals surface area contributed by atoms with Gasteiger partial charge in [-0.3, -0.25) is 9.20 Å². The summed E-state index contributed by atoms with van der Waals surface area (Å²) in [6, 6.07) is 15.1. The summed E-state index contributed by atoms with van der Waals surface area (Å²) in [7, 11) is 0. The molecular formula is C22H24N3OS2+. The lowest BCUT2D eigenvalue weighted by atomic mass is 9.95. The standard InChI is InChI=1S/C22H23N3OS2/c1-3-15(2)16-6-8-17(9-7-16)21(19-5-4-11-27-19)23-14-18-13-20(26)25-10-12-28-22(25)24-18/h4-13,15,21,23H,3,14H2,1-2H3/p+1/t15-,21+/m0/s1. The predicted molar refractivity (Wildman–Crippen MR) is 116 cm³/mol. The van der Waals surface area contributed by atoms with Crippen LogP contribution in [0.1, 0.15) is 53.9 Å². The molecule has 0 saturated heterocycles. The normalized spacial score (nSPS) is 13.6. The van der Waals surface area contributed by atoms with Crippen LogP contribution in [-0.4, -0.2) is 9.38 Å². The quantitative estimate of drug-likeness (QED) is 0.497. The van der Waals surface area contributed by atoms with Crippen molar-refractivity contribution < 1.29 is 5.32 Å². The maximum atomic E-state index is 12.3. The highest BCUT2D eigenvalue weighted by atomic mass is 32.1. The van der Waals surface area contributed by atoms with Crippen molar-refractivity contribution in [3.05, 3.63) is 91.5 Å². The molecule has 0 aliphatic heterocycles. The third-order valence-electron chi connectivity index (χ3n) is 5.25. The molecule has 4 aromatic rings. The fraction of sp³-hybridized carbons (Fsp3) is 0.273. The van der Waals surface area contributed by atoms with E-state index >= 15 is 0 Å². The van der Waals surface area contributed by atoms with Gasteiger partial charge >= 0.3 is 0 Å². The first-order valence-electron chi connectivity index (χ1n) is 9.58. The van der Waals surface area contributed by atoms with E-state index in [9.17, 15) is 4.79 Å². The first kappa shape index (κ1) is 19.1. The van der Waals surface area contributed by atoms with Crippen molar-refractivity contribution in [2.24, 2.45) is 0 Å². The van der Waals surface area contributed by atoms with E-state index in [1.165, 1.54) is 27.3 Å². The molecule has 4 nitrogen and oxygen atoms in total. The molecule has 4 rings (SSSR count). The smallest absolute Gasteiger partial charge is 0.258 e. The molecule has 0 unspecified atom stereocenters. The molecule has 0 saturated carbocycles. The average Bonchev–Trinajstić information content (AvgIpc) is 3.40. The van der Waals surface area contributed by atoms with Crippen molar-refractivity contribution in [1.29, 1.82) is 0 Å². The minimum absolute atomic E-state index is 0.0137. The molecule has 6 heteroatoms. The molecule has 0 radical (unpaired) electrons. The van der Waals surface area contributed by atoms with Crippen molar-refractivity contribution in [2.45, 2.75) is 38.8 Å². The lowest BCUT2D eigenvalue weighted by Gasteiger charge is -2.16. The molecule has 0 fully saturated rings. The van der Waals surface area contributed by atoms with E-state index < -0.39 is 0 Å². The number of aromatic nitrogens is 2. The maximum Gasteiger partial charge on any atom is 0.258 e. The van der Waals surface area contributed by atoms with E-state index in [4.69, 9.17) is 0 Å². The molecule has 2 atom stereocenters. The molecule has 0 bridgehead atoms. The van der Waals surface area contributed by atoms with E-state index in [1.54, 1.807) is 28.0 Å². The summed E-state index contributed by atoms with van der Waals surface area (Å²) < 4.78 is 1.60. The summed E-state index contributed by atoms with van der Waals surface area (Å²) in [6.45, 7) is 5.16. The third-order valence-corrected chi connectivity index (χ3v) is 6.96. The van der Waals surface area contributed by atoms with Crippen LogP contribution in [0.3, 0.4) is 0 Å². The van der Waals surface area contributed by atoms with E-state index in [-0.39, 0.29) is 11.6 Å². The number of thiazole rings is 1. The van der Waals surface area contributed by atoms with Crippen molar-refractivity contribution in [2.75, 3.05) is 0 Å². The number of nitrogens with two attached hydrogens (primary N) is 1. The van der Waals surface area contributed by atoms with Crippen molar-refractivity contribution >= 4 is 27.6 Å². The van der Waals surface area contributed by atoms with Gasteiger partial charge in [0.15, 0.2) is 4.96 Å². The Hall–Kier alpha value is -2.28. The van der Waals surface area contributed by atoms with E-state index in [2.05, 4.69) is 65.9 Å². The topological polar surface area (TPSA) is 51.0 Å². The summed E-state index contributed by atoms with van der Waals surface area (Å²) in [5, 5.41) is 6.28. The Morgan fingerprint density at radius 2 is 1.89 bits per heavy atom. The molecular weight excluding hydrogens is 386 g/mol. The Morgan fingerprint density at radius 3 is 2.61 bits per heavy atom. The van der Waals surface area contributed by atoms with Crippen LogP contribution in [0.25, 0.3) is 4.96 Å². The van der Waals surface area contributed by atoms with Gasteiger partial charge in [0.05, 0.1) is 4.88 Å². The summed E-state index contributed by atoms with van der Waals surface area (Å²) in [5.41, 5.74) is 3.47. The third kappa shape index (κ3) is 3.94. The van der Waals surface area contributed by atoms with Gasteiger partial charge in [0.1, 0.15) is 18.3 Å². The summed E-state index contributed by atoms with van der Waals surface area (Å²) in [4.78, 5) is 19.0. The highest BCUT2D eigenvalue weighted by Crippen LogP contribution is 2.25. The number of rotatable bonds is 7. The summed E-state index contributed by atoms with van der Waals surface area (Å²) in [6.07, 6.45) is 2.92. The van der Waals surface area contributed by atoms with Crippen LogP contribution in [0.2, 0.25) is 0 Å². The number of nitrogens with zero attached hydrogens (tertiary/aromatic N) is 2. The molecule has 144 valence electrons. The molecule has 0 aliphatic rings. The summed E-state index contributed by atoms with van der Waals surface area (Å²) in [5.74, 6) is 0.577.